The molecular formula is C11H20N2O4S. The number of piperidine rings is 1. The number of aliphatic hydroxyl groups excluding tert-OH is 1. The summed E-state index contributed by atoms with van der Waals surface area (Å²) in [5.41, 5.74) is 0. The van der Waals surface area contributed by atoms with Gasteiger partial charge in [0.15, 0.2) is 0 Å². The van der Waals surface area contributed by atoms with Crippen LogP contribution in [0.2, 0.25) is 0 Å². The van der Waals surface area contributed by atoms with E-state index in [2.05, 4.69) is 5.32 Å². The Morgan fingerprint density at radius 2 is 2.00 bits per heavy atom. The number of hydrogen-bond donors (Lipinski definition) is 2. The van der Waals surface area contributed by atoms with Gasteiger partial charge in [0, 0.05) is 12.6 Å². The molecule has 0 aromatic rings. The van der Waals surface area contributed by atoms with Gasteiger partial charge in [-0.1, -0.05) is 6.42 Å². The molecule has 18 heavy (non-hydrogen) atoms. The fourth-order valence-electron chi connectivity index (χ4n) is 2.57. The van der Waals surface area contributed by atoms with Gasteiger partial charge < -0.3 is 10.4 Å². The molecule has 104 valence electrons. The minimum absolute atomic E-state index is 0.00385. The molecule has 1 unspecified atom stereocenters. The van der Waals surface area contributed by atoms with E-state index >= 15 is 0 Å². The Morgan fingerprint density at radius 3 is 2.56 bits per heavy atom. The van der Waals surface area contributed by atoms with E-state index in [4.69, 9.17) is 5.11 Å². The van der Waals surface area contributed by atoms with Crippen LogP contribution >= 0.6 is 0 Å². The zero-order chi connectivity index (χ0) is 13.3. The van der Waals surface area contributed by atoms with Crippen LogP contribution in [0.1, 0.15) is 32.1 Å². The van der Waals surface area contributed by atoms with Crippen molar-refractivity contribution in [3.63, 3.8) is 0 Å². The number of aliphatic hydroxyl groups is 1. The smallest absolute Gasteiger partial charge is 0.238 e. The van der Waals surface area contributed by atoms with Crippen LogP contribution in [-0.4, -0.2) is 54.7 Å². The lowest BCUT2D eigenvalue weighted by Crippen LogP contribution is -2.56. The summed E-state index contributed by atoms with van der Waals surface area (Å²) in [6, 6.07) is -0.581. The van der Waals surface area contributed by atoms with Crippen LogP contribution in [0.25, 0.3) is 0 Å². The van der Waals surface area contributed by atoms with Gasteiger partial charge in [-0.25, -0.2) is 8.42 Å². The Balaban J connectivity index is 1.98. The minimum atomic E-state index is -3.33. The summed E-state index contributed by atoms with van der Waals surface area (Å²) in [7, 11) is -3.33. The maximum atomic E-state index is 12.1. The van der Waals surface area contributed by atoms with Crippen LogP contribution in [-0.2, 0) is 14.8 Å². The molecule has 1 amide bonds. The normalized spacial score (nSPS) is 33.8. The second-order valence-electron chi connectivity index (χ2n) is 5.22. The number of nitrogens with one attached hydrogen (secondary N) is 1. The Labute approximate surface area is 107 Å². The Bertz CT molecular complexity index is 417. The standard InChI is InChI=1S/C11H20N2O4S/c1-18(16,17)13-5-3-2-4-10(13)11(15)12-8-6-9(14)7-8/h8-10,14H,2-7H2,1H3,(H,12,15). The first kappa shape index (κ1) is 13.8. The van der Waals surface area contributed by atoms with E-state index in [1.54, 1.807) is 0 Å². The molecule has 1 aliphatic heterocycles. The summed E-state index contributed by atoms with van der Waals surface area (Å²) in [4.78, 5) is 12.1. The van der Waals surface area contributed by atoms with Crippen molar-refractivity contribution in [1.29, 1.82) is 0 Å². The van der Waals surface area contributed by atoms with Crippen molar-refractivity contribution in [2.45, 2.75) is 50.3 Å². The predicted octanol–water partition coefficient (Wildman–Crippen LogP) is -0.560. The molecule has 0 spiro atoms. The SMILES string of the molecule is CS(=O)(=O)N1CCCCC1C(=O)NC1CC(O)C1. The fraction of sp³-hybridized carbons (Fsp3) is 0.909. The van der Waals surface area contributed by atoms with Crippen LogP contribution in [0.15, 0.2) is 0 Å². The third kappa shape index (κ3) is 3.02. The fourth-order valence-corrected chi connectivity index (χ4v) is 3.69. The summed E-state index contributed by atoms with van der Waals surface area (Å²) < 4.78 is 24.5. The van der Waals surface area contributed by atoms with E-state index in [0.29, 0.717) is 25.8 Å². The lowest BCUT2D eigenvalue weighted by Gasteiger charge is -2.37. The molecule has 2 fully saturated rings. The van der Waals surface area contributed by atoms with Gasteiger partial charge in [-0.15, -0.1) is 0 Å². The Morgan fingerprint density at radius 1 is 1.33 bits per heavy atom. The minimum Gasteiger partial charge on any atom is -0.393 e. The second kappa shape index (κ2) is 5.14. The maximum absolute atomic E-state index is 12.1. The molecule has 0 aromatic carbocycles. The van der Waals surface area contributed by atoms with Crippen molar-refractivity contribution in [3.05, 3.63) is 0 Å². The van der Waals surface area contributed by atoms with Gasteiger partial charge in [0.25, 0.3) is 0 Å². The monoisotopic (exact) mass is 276 g/mol. The van der Waals surface area contributed by atoms with E-state index in [-0.39, 0.29) is 18.1 Å². The van der Waals surface area contributed by atoms with Gasteiger partial charge >= 0.3 is 0 Å². The molecule has 2 N–H and O–H groups in total. The summed E-state index contributed by atoms with van der Waals surface area (Å²) in [6.45, 7) is 0.421. The molecule has 1 aliphatic carbocycles. The number of amides is 1. The molecular weight excluding hydrogens is 256 g/mol. The van der Waals surface area contributed by atoms with Gasteiger partial charge in [-0.3, -0.25) is 4.79 Å². The lowest BCUT2D eigenvalue weighted by atomic mass is 9.89. The molecule has 1 saturated carbocycles. The van der Waals surface area contributed by atoms with E-state index < -0.39 is 16.1 Å². The molecule has 0 radical (unpaired) electrons. The Kier molecular flexibility index (Phi) is 3.93. The highest BCUT2D eigenvalue weighted by atomic mass is 32.2. The highest BCUT2D eigenvalue weighted by Crippen LogP contribution is 2.23. The molecule has 2 aliphatic rings. The van der Waals surface area contributed by atoms with Crippen molar-refractivity contribution < 1.29 is 18.3 Å². The molecule has 6 nitrogen and oxygen atoms in total. The Hall–Kier alpha value is -0.660. The van der Waals surface area contributed by atoms with E-state index in [1.165, 1.54) is 4.31 Å². The average Bonchev–Trinajstić information content (AvgIpc) is 2.26. The molecule has 1 heterocycles. The number of nitrogens with zero attached hydrogens (tertiary/aromatic N) is 1. The van der Waals surface area contributed by atoms with E-state index in [1.807, 2.05) is 0 Å². The van der Waals surface area contributed by atoms with Crippen LogP contribution in [0.3, 0.4) is 0 Å². The first-order valence-corrected chi connectivity index (χ1v) is 8.18. The maximum Gasteiger partial charge on any atom is 0.238 e. The number of rotatable bonds is 3. The molecule has 2 rings (SSSR count). The number of hydrogen-bond acceptors (Lipinski definition) is 4. The van der Waals surface area contributed by atoms with Crippen LogP contribution in [0, 0.1) is 0 Å². The van der Waals surface area contributed by atoms with Gasteiger partial charge in [0.1, 0.15) is 6.04 Å². The zero-order valence-corrected chi connectivity index (χ0v) is 11.3. The summed E-state index contributed by atoms with van der Waals surface area (Å²) >= 11 is 0. The van der Waals surface area contributed by atoms with Gasteiger partial charge in [0.05, 0.1) is 12.4 Å². The number of carbonyl (C=O) groups is 1. The topological polar surface area (TPSA) is 86.7 Å². The summed E-state index contributed by atoms with van der Waals surface area (Å²) in [5.74, 6) is -0.225. The quantitative estimate of drug-likeness (QED) is 0.723. The average molecular weight is 276 g/mol. The number of sulfonamides is 1. The highest BCUT2D eigenvalue weighted by molar-refractivity contribution is 7.88. The van der Waals surface area contributed by atoms with Gasteiger partial charge in [-0.2, -0.15) is 4.31 Å². The number of carbonyl (C=O) groups excluding carboxylic acids is 1. The van der Waals surface area contributed by atoms with Crippen molar-refractivity contribution in [1.82, 2.24) is 9.62 Å². The van der Waals surface area contributed by atoms with Crippen molar-refractivity contribution >= 4 is 15.9 Å². The van der Waals surface area contributed by atoms with Gasteiger partial charge in [0.2, 0.25) is 15.9 Å². The van der Waals surface area contributed by atoms with Crippen molar-refractivity contribution in [2.75, 3.05) is 12.8 Å². The molecule has 0 aromatic heterocycles. The van der Waals surface area contributed by atoms with Crippen molar-refractivity contribution in [3.8, 4) is 0 Å². The zero-order valence-electron chi connectivity index (χ0n) is 10.5. The van der Waals surface area contributed by atoms with Crippen LogP contribution < -0.4 is 5.32 Å². The van der Waals surface area contributed by atoms with Crippen LogP contribution in [0.5, 0.6) is 0 Å². The molecule has 0 bridgehead atoms. The van der Waals surface area contributed by atoms with Gasteiger partial charge in [-0.05, 0) is 25.7 Å². The third-order valence-corrected chi connectivity index (χ3v) is 4.93. The molecule has 1 saturated heterocycles. The van der Waals surface area contributed by atoms with Crippen LogP contribution in [0.4, 0.5) is 0 Å². The highest BCUT2D eigenvalue weighted by Gasteiger charge is 2.37. The van der Waals surface area contributed by atoms with Crippen molar-refractivity contribution in [2.24, 2.45) is 0 Å². The first-order valence-electron chi connectivity index (χ1n) is 6.33. The van der Waals surface area contributed by atoms with E-state index in [0.717, 1.165) is 19.1 Å². The largest absolute Gasteiger partial charge is 0.393 e. The molecule has 7 heteroatoms. The third-order valence-electron chi connectivity index (χ3n) is 3.64. The van der Waals surface area contributed by atoms with E-state index in [9.17, 15) is 13.2 Å². The first-order chi connectivity index (χ1) is 8.38. The summed E-state index contributed by atoms with van der Waals surface area (Å²) in [5, 5.41) is 12.0. The predicted molar refractivity (Wildman–Crippen MR) is 66.4 cm³/mol. The summed E-state index contributed by atoms with van der Waals surface area (Å²) in [6.07, 6.45) is 4.21. The lowest BCUT2D eigenvalue weighted by molar-refractivity contribution is -0.127. The second-order valence-corrected chi connectivity index (χ2v) is 7.15. The molecule has 1 atom stereocenters.